The van der Waals surface area contributed by atoms with Crippen LogP contribution in [0.25, 0.3) is 0 Å². The van der Waals surface area contributed by atoms with Gasteiger partial charge in [0.05, 0.1) is 6.54 Å². The van der Waals surface area contributed by atoms with Gasteiger partial charge in [-0.05, 0) is 49.6 Å². The summed E-state index contributed by atoms with van der Waals surface area (Å²) in [6, 6.07) is 11.2. The van der Waals surface area contributed by atoms with Crippen molar-refractivity contribution >= 4 is 18.3 Å². The van der Waals surface area contributed by atoms with Crippen LogP contribution in [0.3, 0.4) is 0 Å². The number of hydrogen-bond acceptors (Lipinski definition) is 3. The Hall–Kier alpha value is -1.10. The average molecular weight is 392 g/mol. The fourth-order valence-electron chi connectivity index (χ4n) is 5.62. The molecule has 2 saturated heterocycles. The predicted octanol–water partition coefficient (Wildman–Crippen LogP) is 3.26. The summed E-state index contributed by atoms with van der Waals surface area (Å²) in [4.78, 5) is 17.7. The molecule has 0 bridgehead atoms. The van der Waals surface area contributed by atoms with E-state index in [1.54, 1.807) is 0 Å². The van der Waals surface area contributed by atoms with E-state index < -0.39 is 0 Å². The third-order valence-electron chi connectivity index (χ3n) is 6.97. The van der Waals surface area contributed by atoms with Crippen LogP contribution in [0, 0.1) is 11.8 Å². The second-order valence-corrected chi connectivity index (χ2v) is 8.55. The number of hydrogen-bond donors (Lipinski definition) is 1. The molecule has 1 amide bonds. The topological polar surface area (TPSA) is 49.6 Å². The minimum absolute atomic E-state index is 0. The Balaban J connectivity index is 0.00000210. The van der Waals surface area contributed by atoms with Gasteiger partial charge in [0.2, 0.25) is 5.91 Å². The Morgan fingerprint density at radius 3 is 2.56 bits per heavy atom. The Bertz CT molecular complexity index is 609. The van der Waals surface area contributed by atoms with Crippen LogP contribution in [0.2, 0.25) is 0 Å². The molecular weight excluding hydrogens is 358 g/mol. The van der Waals surface area contributed by atoms with E-state index >= 15 is 0 Å². The predicted molar refractivity (Wildman–Crippen MR) is 112 cm³/mol. The Kier molecular flexibility index (Phi) is 7.18. The van der Waals surface area contributed by atoms with Gasteiger partial charge in [-0.15, -0.1) is 12.4 Å². The van der Waals surface area contributed by atoms with Gasteiger partial charge in [0.25, 0.3) is 0 Å². The molecule has 3 aliphatic rings. The van der Waals surface area contributed by atoms with Gasteiger partial charge < -0.3 is 10.6 Å². The van der Waals surface area contributed by atoms with Gasteiger partial charge in [-0.25, -0.2) is 0 Å². The molecule has 5 heteroatoms. The summed E-state index contributed by atoms with van der Waals surface area (Å²) in [6.07, 6.45) is 7.69. The van der Waals surface area contributed by atoms with Crippen LogP contribution >= 0.6 is 12.4 Å². The zero-order valence-electron chi connectivity index (χ0n) is 16.3. The van der Waals surface area contributed by atoms with Crippen molar-refractivity contribution in [2.45, 2.75) is 50.5 Å². The van der Waals surface area contributed by atoms with Crippen LogP contribution < -0.4 is 5.73 Å². The molecular formula is C22H34ClN3O. The summed E-state index contributed by atoms with van der Waals surface area (Å²) >= 11 is 0. The van der Waals surface area contributed by atoms with E-state index in [1.807, 2.05) is 0 Å². The lowest BCUT2D eigenvalue weighted by Gasteiger charge is -2.44. The first-order valence-corrected chi connectivity index (χ1v) is 10.5. The number of rotatable bonds is 4. The van der Waals surface area contributed by atoms with E-state index in [2.05, 4.69) is 40.1 Å². The molecule has 2 N–H and O–H groups in total. The lowest BCUT2D eigenvalue weighted by molar-refractivity contribution is -0.138. The minimum atomic E-state index is 0. The number of amides is 1. The first-order chi connectivity index (χ1) is 12.8. The molecule has 4 nitrogen and oxygen atoms in total. The highest BCUT2D eigenvalue weighted by atomic mass is 35.5. The summed E-state index contributed by atoms with van der Waals surface area (Å²) in [5, 5.41) is 0. The zero-order chi connectivity index (χ0) is 17.9. The fraction of sp³-hybridized carbons (Fsp3) is 0.682. The molecule has 1 aliphatic carbocycles. The van der Waals surface area contributed by atoms with Gasteiger partial charge in [-0.3, -0.25) is 9.69 Å². The molecule has 2 heterocycles. The molecule has 27 heavy (non-hydrogen) atoms. The normalized spacial score (nSPS) is 31.2. The van der Waals surface area contributed by atoms with E-state index in [-0.39, 0.29) is 12.4 Å². The van der Waals surface area contributed by atoms with Gasteiger partial charge >= 0.3 is 0 Å². The third kappa shape index (κ3) is 4.49. The van der Waals surface area contributed by atoms with Crippen molar-refractivity contribution in [1.29, 1.82) is 0 Å². The Morgan fingerprint density at radius 2 is 1.78 bits per heavy atom. The first-order valence-electron chi connectivity index (χ1n) is 10.5. The number of nitrogens with two attached hydrogens (primary N) is 1. The highest BCUT2D eigenvalue weighted by Gasteiger charge is 2.38. The quantitative estimate of drug-likeness (QED) is 0.856. The van der Waals surface area contributed by atoms with Crippen molar-refractivity contribution in [2.24, 2.45) is 17.6 Å². The number of halogens is 1. The highest BCUT2D eigenvalue weighted by molar-refractivity contribution is 5.85. The monoisotopic (exact) mass is 391 g/mol. The molecule has 0 spiro atoms. The smallest absolute Gasteiger partial charge is 0.237 e. The fourth-order valence-corrected chi connectivity index (χ4v) is 5.62. The third-order valence-corrected chi connectivity index (χ3v) is 6.97. The Labute approximate surface area is 169 Å². The zero-order valence-corrected chi connectivity index (χ0v) is 17.1. The van der Waals surface area contributed by atoms with Crippen molar-refractivity contribution in [3.05, 3.63) is 35.9 Å². The van der Waals surface area contributed by atoms with Crippen LogP contribution in [0.1, 0.15) is 50.0 Å². The van der Waals surface area contributed by atoms with Gasteiger partial charge in [0.15, 0.2) is 0 Å². The van der Waals surface area contributed by atoms with Crippen molar-refractivity contribution in [3.8, 4) is 0 Å². The van der Waals surface area contributed by atoms with Gasteiger partial charge in [0, 0.05) is 31.6 Å². The standard InChI is InChI=1S/C22H33N3O.ClH/c23-13-19-14-24(15-20(19)17-7-2-1-3-8-17)16-22(26)25-12-6-10-18-9-4-5-11-21(18)25;/h1-3,7-8,18-21H,4-6,9-16,23H2;1H/t18?,19-,20+,21?;/m1./s1. The summed E-state index contributed by atoms with van der Waals surface area (Å²) in [7, 11) is 0. The van der Waals surface area contributed by atoms with E-state index in [0.717, 1.165) is 25.6 Å². The van der Waals surface area contributed by atoms with Gasteiger partial charge in [0.1, 0.15) is 0 Å². The SMILES string of the molecule is Cl.NC[C@@H]1CN(CC(=O)N2CCCC3CCCCC32)C[C@H]1c1ccccc1. The number of piperidine rings is 1. The van der Waals surface area contributed by atoms with Crippen LogP contribution in [0.5, 0.6) is 0 Å². The maximum absolute atomic E-state index is 13.1. The Morgan fingerprint density at radius 1 is 1.04 bits per heavy atom. The molecule has 1 saturated carbocycles. The van der Waals surface area contributed by atoms with Crippen molar-refractivity contribution in [2.75, 3.05) is 32.7 Å². The number of likely N-dealkylation sites (tertiary alicyclic amines) is 2. The summed E-state index contributed by atoms with van der Waals surface area (Å²) in [5.74, 6) is 2.02. The van der Waals surface area contributed by atoms with Gasteiger partial charge in [-0.2, -0.15) is 0 Å². The van der Waals surface area contributed by atoms with Crippen molar-refractivity contribution < 1.29 is 4.79 Å². The number of fused-ring (bicyclic) bond motifs is 1. The number of nitrogens with zero attached hydrogens (tertiary/aromatic N) is 2. The molecule has 4 atom stereocenters. The molecule has 3 fully saturated rings. The molecule has 2 unspecified atom stereocenters. The molecule has 1 aromatic carbocycles. The van der Waals surface area contributed by atoms with E-state index in [1.165, 1.54) is 44.1 Å². The highest BCUT2D eigenvalue weighted by Crippen LogP contribution is 2.36. The lowest BCUT2D eigenvalue weighted by Crippen LogP contribution is -2.52. The molecule has 0 aromatic heterocycles. The maximum Gasteiger partial charge on any atom is 0.237 e. The average Bonchev–Trinajstić information content (AvgIpc) is 3.11. The molecule has 0 radical (unpaired) electrons. The lowest BCUT2D eigenvalue weighted by atomic mass is 9.78. The van der Waals surface area contributed by atoms with Crippen LogP contribution in [0.15, 0.2) is 30.3 Å². The summed E-state index contributed by atoms with van der Waals surface area (Å²) < 4.78 is 0. The summed E-state index contributed by atoms with van der Waals surface area (Å²) in [6.45, 7) is 4.14. The minimum Gasteiger partial charge on any atom is -0.338 e. The van der Waals surface area contributed by atoms with Crippen LogP contribution in [0.4, 0.5) is 0 Å². The van der Waals surface area contributed by atoms with Crippen LogP contribution in [-0.4, -0.2) is 54.5 Å². The number of benzene rings is 1. The molecule has 4 rings (SSSR count). The second-order valence-electron chi connectivity index (χ2n) is 8.55. The second kappa shape index (κ2) is 9.40. The maximum atomic E-state index is 13.1. The van der Waals surface area contributed by atoms with Gasteiger partial charge in [-0.1, -0.05) is 43.2 Å². The largest absolute Gasteiger partial charge is 0.338 e. The van der Waals surface area contributed by atoms with Crippen molar-refractivity contribution in [3.63, 3.8) is 0 Å². The van der Waals surface area contributed by atoms with Crippen molar-refractivity contribution in [1.82, 2.24) is 9.80 Å². The summed E-state index contributed by atoms with van der Waals surface area (Å²) in [5.41, 5.74) is 7.43. The number of carbonyl (C=O) groups is 1. The van der Waals surface area contributed by atoms with E-state index in [9.17, 15) is 4.79 Å². The molecule has 150 valence electrons. The van der Waals surface area contributed by atoms with Crippen LogP contribution in [-0.2, 0) is 4.79 Å². The van der Waals surface area contributed by atoms with E-state index in [4.69, 9.17) is 5.73 Å². The first kappa shape index (κ1) is 20.6. The van der Waals surface area contributed by atoms with E-state index in [0.29, 0.717) is 36.9 Å². The molecule has 1 aromatic rings. The molecule has 2 aliphatic heterocycles. The number of carbonyl (C=O) groups excluding carboxylic acids is 1.